The summed E-state index contributed by atoms with van der Waals surface area (Å²) >= 11 is 0. The zero-order chi connectivity index (χ0) is 15.7. The fraction of sp³-hybridized carbons (Fsp3) is 0.353. The maximum Gasteiger partial charge on any atom is 0.241 e. The monoisotopic (exact) mass is 316 g/mol. The van der Waals surface area contributed by atoms with E-state index in [0.29, 0.717) is 4.90 Å². The Kier molecular flexibility index (Phi) is 4.02. The Labute approximate surface area is 131 Å². The van der Waals surface area contributed by atoms with Crippen LogP contribution in [0.5, 0.6) is 0 Å². The Morgan fingerprint density at radius 3 is 2.59 bits per heavy atom. The van der Waals surface area contributed by atoms with E-state index in [0.717, 1.165) is 41.6 Å². The molecule has 1 N–H and O–H groups in total. The second-order valence-electron chi connectivity index (χ2n) is 5.94. The second-order valence-corrected chi connectivity index (χ2v) is 7.65. The first-order valence-electron chi connectivity index (χ1n) is 7.50. The van der Waals surface area contributed by atoms with Gasteiger partial charge in [0.2, 0.25) is 10.0 Å². The lowest BCUT2D eigenvalue weighted by atomic mass is 9.92. The lowest BCUT2D eigenvalue weighted by Gasteiger charge is -2.25. The molecule has 3 rings (SSSR count). The standard InChI is InChI=1S/C17H20N2O2S/c1-12-6-8-15(9-7-12)22(20,21)19-16-5-3-4-14-10-13(2)11-18-17(14)16/h6-11,16,19H,3-5H2,1-2H3. The van der Waals surface area contributed by atoms with Crippen LogP contribution in [0.15, 0.2) is 41.4 Å². The van der Waals surface area contributed by atoms with Crippen molar-refractivity contribution in [3.8, 4) is 0 Å². The van der Waals surface area contributed by atoms with Gasteiger partial charge in [-0.25, -0.2) is 13.1 Å². The zero-order valence-corrected chi connectivity index (χ0v) is 13.7. The molecule has 1 aromatic carbocycles. The molecule has 0 aliphatic heterocycles. The summed E-state index contributed by atoms with van der Waals surface area (Å²) in [4.78, 5) is 4.77. The molecule has 0 fully saturated rings. The fourth-order valence-corrected chi connectivity index (χ4v) is 4.11. The Hall–Kier alpha value is -1.72. The summed E-state index contributed by atoms with van der Waals surface area (Å²) in [6.45, 7) is 3.95. The molecule has 4 nitrogen and oxygen atoms in total. The summed E-state index contributed by atoms with van der Waals surface area (Å²) in [6.07, 6.45) is 4.53. The average Bonchev–Trinajstić information content (AvgIpc) is 2.47. The highest BCUT2D eigenvalue weighted by molar-refractivity contribution is 7.89. The van der Waals surface area contributed by atoms with Gasteiger partial charge in [0.15, 0.2) is 0 Å². The van der Waals surface area contributed by atoms with Crippen LogP contribution in [0.4, 0.5) is 0 Å². The van der Waals surface area contributed by atoms with Crippen LogP contribution in [0.2, 0.25) is 0 Å². The van der Waals surface area contributed by atoms with Gasteiger partial charge in [0.05, 0.1) is 16.6 Å². The van der Waals surface area contributed by atoms with Gasteiger partial charge in [-0.2, -0.15) is 0 Å². The van der Waals surface area contributed by atoms with Crippen molar-refractivity contribution in [3.63, 3.8) is 0 Å². The number of hydrogen-bond acceptors (Lipinski definition) is 3. The van der Waals surface area contributed by atoms with E-state index in [1.54, 1.807) is 18.3 Å². The fourth-order valence-electron chi connectivity index (χ4n) is 2.88. The number of nitrogens with one attached hydrogen (secondary N) is 1. The number of hydrogen-bond donors (Lipinski definition) is 1. The van der Waals surface area contributed by atoms with Gasteiger partial charge >= 0.3 is 0 Å². The van der Waals surface area contributed by atoms with Crippen molar-refractivity contribution in [1.29, 1.82) is 0 Å². The number of sulfonamides is 1. The van der Waals surface area contributed by atoms with Crippen molar-refractivity contribution >= 4 is 10.0 Å². The minimum absolute atomic E-state index is 0.240. The van der Waals surface area contributed by atoms with E-state index in [-0.39, 0.29) is 6.04 Å². The van der Waals surface area contributed by atoms with Crippen molar-refractivity contribution in [3.05, 3.63) is 58.9 Å². The molecule has 1 atom stereocenters. The van der Waals surface area contributed by atoms with Gasteiger partial charge in [0.1, 0.15) is 0 Å². The number of aromatic nitrogens is 1. The van der Waals surface area contributed by atoms with Crippen molar-refractivity contribution in [2.75, 3.05) is 0 Å². The number of nitrogens with zero attached hydrogens (tertiary/aromatic N) is 1. The maximum atomic E-state index is 12.5. The lowest BCUT2D eigenvalue weighted by molar-refractivity contribution is 0.496. The van der Waals surface area contributed by atoms with Crippen LogP contribution in [0.25, 0.3) is 0 Å². The molecular weight excluding hydrogens is 296 g/mol. The highest BCUT2D eigenvalue weighted by Gasteiger charge is 2.26. The minimum atomic E-state index is -3.52. The second kappa shape index (κ2) is 5.82. The van der Waals surface area contributed by atoms with Gasteiger partial charge in [-0.1, -0.05) is 23.8 Å². The molecule has 0 radical (unpaired) electrons. The van der Waals surface area contributed by atoms with E-state index in [9.17, 15) is 8.42 Å². The Bertz CT molecular complexity index is 783. The van der Waals surface area contributed by atoms with E-state index in [2.05, 4.69) is 15.8 Å². The maximum absolute atomic E-state index is 12.5. The highest BCUT2D eigenvalue weighted by atomic mass is 32.2. The van der Waals surface area contributed by atoms with E-state index < -0.39 is 10.0 Å². The topological polar surface area (TPSA) is 59.1 Å². The van der Waals surface area contributed by atoms with Crippen LogP contribution >= 0.6 is 0 Å². The van der Waals surface area contributed by atoms with E-state index in [1.807, 2.05) is 26.0 Å². The third-order valence-electron chi connectivity index (χ3n) is 4.04. The Morgan fingerprint density at radius 2 is 1.86 bits per heavy atom. The number of aryl methyl sites for hydroxylation is 3. The van der Waals surface area contributed by atoms with Crippen LogP contribution in [-0.4, -0.2) is 13.4 Å². The summed E-state index contributed by atoms with van der Waals surface area (Å²) < 4.78 is 27.9. The van der Waals surface area contributed by atoms with E-state index in [1.165, 1.54) is 0 Å². The Morgan fingerprint density at radius 1 is 1.14 bits per heavy atom. The molecule has 0 amide bonds. The van der Waals surface area contributed by atoms with Crippen LogP contribution in [0.3, 0.4) is 0 Å². The largest absolute Gasteiger partial charge is 0.259 e. The average molecular weight is 316 g/mol. The zero-order valence-electron chi connectivity index (χ0n) is 12.8. The SMILES string of the molecule is Cc1ccc(S(=O)(=O)NC2CCCc3cc(C)cnc32)cc1. The number of rotatable bonds is 3. The van der Waals surface area contributed by atoms with E-state index >= 15 is 0 Å². The minimum Gasteiger partial charge on any atom is -0.259 e. The lowest BCUT2D eigenvalue weighted by Crippen LogP contribution is -2.31. The van der Waals surface area contributed by atoms with Crippen molar-refractivity contribution < 1.29 is 8.42 Å². The molecule has 116 valence electrons. The number of fused-ring (bicyclic) bond motifs is 1. The van der Waals surface area contributed by atoms with E-state index in [4.69, 9.17) is 0 Å². The first-order valence-corrected chi connectivity index (χ1v) is 8.98. The van der Waals surface area contributed by atoms with Crippen LogP contribution < -0.4 is 4.72 Å². The van der Waals surface area contributed by atoms with Crippen molar-refractivity contribution in [2.24, 2.45) is 0 Å². The molecule has 1 aliphatic rings. The van der Waals surface area contributed by atoms with Crippen LogP contribution in [-0.2, 0) is 16.4 Å². The third-order valence-corrected chi connectivity index (χ3v) is 5.52. The molecule has 0 saturated heterocycles. The first-order chi connectivity index (χ1) is 10.5. The first kappa shape index (κ1) is 15.2. The quantitative estimate of drug-likeness (QED) is 0.947. The Balaban J connectivity index is 1.89. The summed E-state index contributed by atoms with van der Waals surface area (Å²) in [5, 5.41) is 0. The number of pyridine rings is 1. The summed E-state index contributed by atoms with van der Waals surface area (Å²) in [5.41, 5.74) is 4.18. The normalized spacial score (nSPS) is 18.0. The molecule has 1 aliphatic carbocycles. The van der Waals surface area contributed by atoms with Crippen molar-refractivity contribution in [2.45, 2.75) is 44.0 Å². The molecule has 2 aromatic rings. The smallest absolute Gasteiger partial charge is 0.241 e. The molecule has 0 bridgehead atoms. The predicted molar refractivity (Wildman–Crippen MR) is 86.2 cm³/mol. The molecule has 1 aromatic heterocycles. The van der Waals surface area contributed by atoms with Gasteiger partial charge in [-0.3, -0.25) is 4.98 Å². The summed E-state index contributed by atoms with van der Waals surface area (Å²) in [7, 11) is -3.52. The van der Waals surface area contributed by atoms with Crippen LogP contribution in [0.1, 0.15) is 41.3 Å². The molecular formula is C17H20N2O2S. The highest BCUT2D eigenvalue weighted by Crippen LogP contribution is 2.29. The molecule has 5 heteroatoms. The predicted octanol–water partition coefficient (Wildman–Crippen LogP) is 3.05. The summed E-state index contributed by atoms with van der Waals surface area (Å²) in [5.74, 6) is 0. The number of benzene rings is 1. The van der Waals surface area contributed by atoms with Gasteiger partial charge < -0.3 is 0 Å². The molecule has 22 heavy (non-hydrogen) atoms. The van der Waals surface area contributed by atoms with Crippen molar-refractivity contribution in [1.82, 2.24) is 9.71 Å². The third kappa shape index (κ3) is 3.05. The van der Waals surface area contributed by atoms with Gasteiger partial charge in [0, 0.05) is 6.20 Å². The summed E-state index contributed by atoms with van der Waals surface area (Å²) in [6, 6.07) is 8.77. The van der Waals surface area contributed by atoms with Gasteiger partial charge in [0.25, 0.3) is 0 Å². The van der Waals surface area contributed by atoms with Gasteiger partial charge in [-0.05, 0) is 56.4 Å². The molecule has 1 unspecified atom stereocenters. The van der Waals surface area contributed by atoms with Gasteiger partial charge in [-0.15, -0.1) is 0 Å². The molecule has 0 spiro atoms. The molecule has 1 heterocycles. The molecule has 0 saturated carbocycles. The van der Waals surface area contributed by atoms with Crippen LogP contribution in [0, 0.1) is 13.8 Å².